The van der Waals surface area contributed by atoms with Crippen molar-refractivity contribution < 1.29 is 9.18 Å². The SMILES string of the molecule is N#Cc1cc(F)ccc1NC(=O)c1ccccc1CCN. The first-order chi connectivity index (χ1) is 10.2. The van der Waals surface area contributed by atoms with E-state index < -0.39 is 5.82 Å². The maximum atomic E-state index is 13.1. The van der Waals surface area contributed by atoms with Crippen LogP contribution in [-0.2, 0) is 6.42 Å². The maximum Gasteiger partial charge on any atom is 0.255 e. The van der Waals surface area contributed by atoms with Crippen molar-refractivity contribution in [2.24, 2.45) is 5.73 Å². The molecule has 5 heteroatoms. The number of amides is 1. The lowest BCUT2D eigenvalue weighted by Crippen LogP contribution is -2.16. The summed E-state index contributed by atoms with van der Waals surface area (Å²) in [5.41, 5.74) is 7.22. The van der Waals surface area contributed by atoms with Gasteiger partial charge in [-0.05, 0) is 42.8 Å². The van der Waals surface area contributed by atoms with Crippen LogP contribution in [0.2, 0.25) is 0 Å². The zero-order valence-corrected chi connectivity index (χ0v) is 11.3. The highest BCUT2D eigenvalue weighted by atomic mass is 19.1. The zero-order chi connectivity index (χ0) is 15.2. The number of nitrogens with one attached hydrogen (secondary N) is 1. The molecule has 0 saturated heterocycles. The van der Waals surface area contributed by atoms with E-state index in [0.29, 0.717) is 18.5 Å². The fourth-order valence-electron chi connectivity index (χ4n) is 2.02. The first-order valence-corrected chi connectivity index (χ1v) is 6.44. The minimum atomic E-state index is -0.520. The molecular weight excluding hydrogens is 269 g/mol. The number of hydrogen-bond acceptors (Lipinski definition) is 3. The van der Waals surface area contributed by atoms with Crippen LogP contribution in [0.4, 0.5) is 10.1 Å². The minimum absolute atomic E-state index is 0.0830. The summed E-state index contributed by atoms with van der Waals surface area (Å²) in [4.78, 5) is 12.3. The third-order valence-corrected chi connectivity index (χ3v) is 3.03. The Labute approximate surface area is 122 Å². The predicted octanol–water partition coefficient (Wildman–Crippen LogP) is 2.45. The summed E-state index contributed by atoms with van der Waals surface area (Å²) >= 11 is 0. The van der Waals surface area contributed by atoms with Crippen LogP contribution in [0.3, 0.4) is 0 Å². The molecule has 0 aliphatic rings. The number of carbonyl (C=O) groups excluding carboxylic acids is 1. The molecule has 0 unspecified atom stereocenters. The molecule has 0 fully saturated rings. The van der Waals surface area contributed by atoms with Gasteiger partial charge in [0, 0.05) is 5.56 Å². The second kappa shape index (κ2) is 6.64. The molecule has 0 radical (unpaired) electrons. The van der Waals surface area contributed by atoms with Crippen LogP contribution >= 0.6 is 0 Å². The van der Waals surface area contributed by atoms with Crippen LogP contribution in [0, 0.1) is 17.1 Å². The molecule has 1 amide bonds. The Hall–Kier alpha value is -2.71. The molecule has 106 valence electrons. The van der Waals surface area contributed by atoms with Gasteiger partial charge in [-0.1, -0.05) is 18.2 Å². The number of benzene rings is 2. The lowest BCUT2D eigenvalue weighted by molar-refractivity contribution is 0.102. The molecule has 2 aromatic rings. The van der Waals surface area contributed by atoms with Gasteiger partial charge in [-0.25, -0.2) is 4.39 Å². The van der Waals surface area contributed by atoms with Crippen LogP contribution < -0.4 is 11.1 Å². The maximum absolute atomic E-state index is 13.1. The number of nitrogens with zero attached hydrogens (tertiary/aromatic N) is 1. The van der Waals surface area contributed by atoms with E-state index in [0.717, 1.165) is 11.6 Å². The van der Waals surface area contributed by atoms with E-state index in [4.69, 9.17) is 11.0 Å². The van der Waals surface area contributed by atoms with E-state index >= 15 is 0 Å². The number of hydrogen-bond donors (Lipinski definition) is 2. The smallest absolute Gasteiger partial charge is 0.255 e. The monoisotopic (exact) mass is 283 g/mol. The van der Waals surface area contributed by atoms with Crippen molar-refractivity contribution >= 4 is 11.6 Å². The van der Waals surface area contributed by atoms with Crippen molar-refractivity contribution in [3.8, 4) is 6.07 Å². The van der Waals surface area contributed by atoms with Crippen LogP contribution in [0.5, 0.6) is 0 Å². The topological polar surface area (TPSA) is 78.9 Å². The summed E-state index contributed by atoms with van der Waals surface area (Å²) in [6.07, 6.45) is 0.581. The van der Waals surface area contributed by atoms with Crippen molar-refractivity contribution in [3.05, 3.63) is 65.0 Å². The fraction of sp³-hybridized carbons (Fsp3) is 0.125. The van der Waals surface area contributed by atoms with Gasteiger partial charge in [0.15, 0.2) is 0 Å². The van der Waals surface area contributed by atoms with E-state index in [1.165, 1.54) is 12.1 Å². The number of nitrogens with two attached hydrogens (primary N) is 1. The largest absolute Gasteiger partial charge is 0.330 e. The van der Waals surface area contributed by atoms with Gasteiger partial charge in [0.1, 0.15) is 11.9 Å². The Morgan fingerprint density at radius 3 is 2.76 bits per heavy atom. The second-order valence-corrected chi connectivity index (χ2v) is 4.45. The van der Waals surface area contributed by atoms with Crippen molar-refractivity contribution in [1.29, 1.82) is 5.26 Å². The number of nitriles is 1. The molecule has 0 aromatic heterocycles. The van der Waals surface area contributed by atoms with E-state index in [1.54, 1.807) is 12.1 Å². The summed E-state index contributed by atoms with van der Waals surface area (Å²) in [7, 11) is 0. The Morgan fingerprint density at radius 1 is 1.29 bits per heavy atom. The summed E-state index contributed by atoms with van der Waals surface area (Å²) in [5, 5.41) is 11.6. The highest BCUT2D eigenvalue weighted by Crippen LogP contribution is 2.18. The van der Waals surface area contributed by atoms with Crippen LogP contribution in [0.1, 0.15) is 21.5 Å². The summed E-state index contributed by atoms with van der Waals surface area (Å²) in [6, 6.07) is 12.6. The molecule has 0 saturated carbocycles. The first kappa shape index (κ1) is 14.7. The van der Waals surface area contributed by atoms with Crippen LogP contribution in [0.25, 0.3) is 0 Å². The summed E-state index contributed by atoms with van der Waals surface area (Å²) in [5.74, 6) is -0.866. The van der Waals surface area contributed by atoms with Gasteiger partial charge >= 0.3 is 0 Å². The average molecular weight is 283 g/mol. The van der Waals surface area contributed by atoms with Crippen molar-refractivity contribution in [2.75, 3.05) is 11.9 Å². The number of halogens is 1. The number of anilines is 1. The standard InChI is InChI=1S/C16H14FN3O/c17-13-5-6-15(12(9-13)10-19)20-16(21)14-4-2-1-3-11(14)7-8-18/h1-6,9H,7-8,18H2,(H,20,21). The third kappa shape index (κ3) is 3.44. The minimum Gasteiger partial charge on any atom is -0.330 e. The normalized spacial score (nSPS) is 9.95. The van der Waals surface area contributed by atoms with E-state index in [2.05, 4.69) is 5.32 Å². The van der Waals surface area contributed by atoms with Gasteiger partial charge in [0.25, 0.3) is 5.91 Å². The molecule has 0 heterocycles. The lowest BCUT2D eigenvalue weighted by atomic mass is 10.0. The molecule has 0 aliphatic carbocycles. The Balaban J connectivity index is 2.29. The second-order valence-electron chi connectivity index (χ2n) is 4.45. The van der Waals surface area contributed by atoms with Crippen molar-refractivity contribution in [1.82, 2.24) is 0 Å². The van der Waals surface area contributed by atoms with Gasteiger partial charge in [0.2, 0.25) is 0 Å². The lowest BCUT2D eigenvalue weighted by Gasteiger charge is -2.10. The number of rotatable bonds is 4. The van der Waals surface area contributed by atoms with Gasteiger partial charge in [-0.3, -0.25) is 4.79 Å². The van der Waals surface area contributed by atoms with E-state index in [1.807, 2.05) is 18.2 Å². The highest BCUT2D eigenvalue weighted by Gasteiger charge is 2.13. The Morgan fingerprint density at radius 2 is 2.05 bits per heavy atom. The van der Waals surface area contributed by atoms with Crippen molar-refractivity contribution in [3.63, 3.8) is 0 Å². The highest BCUT2D eigenvalue weighted by molar-refractivity contribution is 6.05. The molecule has 2 aromatic carbocycles. The molecule has 0 aliphatic heterocycles. The number of carbonyl (C=O) groups is 1. The van der Waals surface area contributed by atoms with Gasteiger partial charge in [0.05, 0.1) is 11.3 Å². The molecule has 21 heavy (non-hydrogen) atoms. The molecule has 3 N–H and O–H groups in total. The first-order valence-electron chi connectivity index (χ1n) is 6.44. The van der Waals surface area contributed by atoms with Gasteiger partial charge in [-0.15, -0.1) is 0 Å². The zero-order valence-electron chi connectivity index (χ0n) is 11.3. The molecule has 0 bridgehead atoms. The quantitative estimate of drug-likeness (QED) is 0.904. The summed E-state index contributed by atoms with van der Waals surface area (Å²) in [6.45, 7) is 0.435. The molecule has 0 atom stereocenters. The third-order valence-electron chi connectivity index (χ3n) is 3.03. The molecule has 4 nitrogen and oxygen atoms in total. The summed E-state index contributed by atoms with van der Waals surface area (Å²) < 4.78 is 13.1. The van der Waals surface area contributed by atoms with E-state index in [9.17, 15) is 9.18 Å². The van der Waals surface area contributed by atoms with Crippen LogP contribution in [-0.4, -0.2) is 12.5 Å². The van der Waals surface area contributed by atoms with Crippen LogP contribution in [0.15, 0.2) is 42.5 Å². The van der Waals surface area contributed by atoms with Gasteiger partial charge in [-0.2, -0.15) is 5.26 Å². The molecule has 2 rings (SSSR count). The molecular formula is C16H14FN3O. The van der Waals surface area contributed by atoms with Crippen molar-refractivity contribution in [2.45, 2.75) is 6.42 Å². The Kier molecular flexibility index (Phi) is 4.64. The molecule has 0 spiro atoms. The van der Waals surface area contributed by atoms with Gasteiger partial charge < -0.3 is 11.1 Å². The average Bonchev–Trinajstić information content (AvgIpc) is 2.49. The Bertz CT molecular complexity index is 707. The predicted molar refractivity (Wildman–Crippen MR) is 78.3 cm³/mol. The van der Waals surface area contributed by atoms with E-state index in [-0.39, 0.29) is 17.2 Å². The fourth-order valence-corrected chi connectivity index (χ4v) is 2.02.